The van der Waals surface area contributed by atoms with Gasteiger partial charge in [-0.15, -0.1) is 0 Å². The Morgan fingerprint density at radius 3 is 1.90 bits per heavy atom. The van der Waals surface area contributed by atoms with Crippen molar-refractivity contribution in [1.82, 2.24) is 0 Å². The largest absolute Gasteiger partial charge is 0.464 e. The number of benzene rings is 2. The van der Waals surface area contributed by atoms with Gasteiger partial charge in [-0.1, -0.05) is 88.0 Å². The minimum absolute atomic E-state index is 0.136. The third kappa shape index (κ3) is 3.46. The van der Waals surface area contributed by atoms with E-state index in [4.69, 9.17) is 18.6 Å². The molecule has 0 bridgehead atoms. The van der Waals surface area contributed by atoms with Crippen LogP contribution in [0.2, 0.25) is 5.04 Å². The van der Waals surface area contributed by atoms with E-state index < -0.39 is 26.5 Å². The molecular weight excluding hydrogens is 380 g/mol. The molecule has 0 amide bonds. The lowest BCUT2D eigenvalue weighted by molar-refractivity contribution is -0.188. The van der Waals surface area contributed by atoms with E-state index in [9.17, 15) is 0 Å². The van der Waals surface area contributed by atoms with Crippen molar-refractivity contribution < 1.29 is 18.6 Å². The van der Waals surface area contributed by atoms with Crippen molar-refractivity contribution in [3.8, 4) is 0 Å². The summed E-state index contributed by atoms with van der Waals surface area (Å²) in [5.74, 6) is -0.133. The van der Waals surface area contributed by atoms with E-state index in [1.54, 1.807) is 0 Å². The van der Waals surface area contributed by atoms with Gasteiger partial charge in [0.05, 0.1) is 0 Å². The predicted molar refractivity (Wildman–Crippen MR) is 117 cm³/mol. The fourth-order valence-electron chi connectivity index (χ4n) is 4.47. The zero-order valence-electron chi connectivity index (χ0n) is 17.8. The molecule has 2 aliphatic rings. The van der Waals surface area contributed by atoms with Gasteiger partial charge in [-0.25, -0.2) is 0 Å². The van der Waals surface area contributed by atoms with Gasteiger partial charge in [0.1, 0.15) is 11.9 Å². The Hall–Kier alpha value is -1.92. The van der Waals surface area contributed by atoms with Crippen LogP contribution in [0.15, 0.2) is 73.0 Å². The first kappa shape index (κ1) is 20.4. The number of hydrogen-bond acceptors (Lipinski definition) is 4. The minimum atomic E-state index is -2.74. The highest BCUT2D eigenvalue weighted by Crippen LogP contribution is 2.44. The van der Waals surface area contributed by atoms with E-state index in [0.29, 0.717) is 5.76 Å². The molecule has 1 unspecified atom stereocenters. The van der Waals surface area contributed by atoms with Crippen LogP contribution in [0.25, 0.3) is 0 Å². The van der Waals surface area contributed by atoms with Gasteiger partial charge in [0.25, 0.3) is 8.32 Å². The standard InChI is InChI=1S/C24H30O4Si/c1-17-20(21-22(25-17)27-24(5,6)26-21)28-29(23(2,3)4,18-13-9-7-10-14-18)19-15-11-8-12-16-19/h7-16,20-22H,1H2,2-6H3/t20?,21-,22+/m0/s1. The second kappa shape index (κ2) is 7.09. The van der Waals surface area contributed by atoms with Crippen molar-refractivity contribution in [1.29, 1.82) is 0 Å². The zero-order valence-corrected chi connectivity index (χ0v) is 18.8. The molecule has 0 saturated carbocycles. The Bertz CT molecular complexity index is 833. The highest BCUT2D eigenvalue weighted by atomic mass is 28.4. The fraction of sp³-hybridized carbons (Fsp3) is 0.417. The molecule has 0 radical (unpaired) electrons. The first-order valence-corrected chi connectivity index (χ1v) is 12.0. The highest BCUT2D eigenvalue weighted by molar-refractivity contribution is 6.99. The van der Waals surface area contributed by atoms with E-state index in [1.165, 1.54) is 10.4 Å². The van der Waals surface area contributed by atoms with Crippen LogP contribution in [0.4, 0.5) is 0 Å². The van der Waals surface area contributed by atoms with E-state index in [2.05, 4.69) is 75.9 Å². The topological polar surface area (TPSA) is 36.9 Å². The van der Waals surface area contributed by atoms with Crippen LogP contribution in [0, 0.1) is 0 Å². The molecule has 2 aliphatic heterocycles. The molecular formula is C24H30O4Si. The first-order chi connectivity index (χ1) is 13.6. The Morgan fingerprint density at radius 2 is 1.41 bits per heavy atom. The van der Waals surface area contributed by atoms with Gasteiger partial charge in [0.15, 0.2) is 11.9 Å². The lowest BCUT2D eigenvalue weighted by Crippen LogP contribution is -2.68. The maximum Gasteiger partial charge on any atom is 0.262 e. The van der Waals surface area contributed by atoms with Crippen LogP contribution in [-0.2, 0) is 18.6 Å². The quantitative estimate of drug-likeness (QED) is 0.715. The number of ether oxygens (including phenoxy) is 3. The number of hydrogen-bond donors (Lipinski definition) is 0. The summed E-state index contributed by atoms with van der Waals surface area (Å²) in [6, 6.07) is 21.1. The third-order valence-electron chi connectivity index (χ3n) is 5.69. The molecule has 0 aliphatic carbocycles. The Morgan fingerprint density at radius 1 is 0.897 bits per heavy atom. The summed E-state index contributed by atoms with van der Waals surface area (Å²) >= 11 is 0. The van der Waals surface area contributed by atoms with Gasteiger partial charge in [-0.3, -0.25) is 0 Å². The molecule has 0 aromatic heterocycles. The summed E-state index contributed by atoms with van der Waals surface area (Å²) in [4.78, 5) is 0. The molecule has 4 nitrogen and oxygen atoms in total. The van der Waals surface area contributed by atoms with Crippen molar-refractivity contribution in [2.45, 2.75) is 63.9 Å². The summed E-state index contributed by atoms with van der Waals surface area (Å²) in [7, 11) is -2.74. The molecule has 0 N–H and O–H groups in total. The van der Waals surface area contributed by atoms with Crippen molar-refractivity contribution in [2.75, 3.05) is 0 Å². The van der Waals surface area contributed by atoms with Crippen LogP contribution in [0.5, 0.6) is 0 Å². The second-order valence-electron chi connectivity index (χ2n) is 9.25. The number of rotatable bonds is 4. The van der Waals surface area contributed by atoms with E-state index in [1.807, 2.05) is 26.0 Å². The van der Waals surface area contributed by atoms with Crippen molar-refractivity contribution in [2.24, 2.45) is 0 Å². The Balaban J connectivity index is 1.84. The van der Waals surface area contributed by atoms with Gasteiger partial charge >= 0.3 is 0 Å². The van der Waals surface area contributed by atoms with E-state index in [-0.39, 0.29) is 11.1 Å². The van der Waals surface area contributed by atoms with E-state index in [0.717, 1.165) is 0 Å². The first-order valence-electron chi connectivity index (χ1n) is 10.1. The van der Waals surface area contributed by atoms with Crippen molar-refractivity contribution >= 4 is 18.7 Å². The van der Waals surface area contributed by atoms with Crippen LogP contribution in [0.1, 0.15) is 34.6 Å². The molecule has 2 aromatic carbocycles. The second-order valence-corrected chi connectivity index (χ2v) is 13.5. The molecule has 2 saturated heterocycles. The smallest absolute Gasteiger partial charge is 0.262 e. The van der Waals surface area contributed by atoms with Gasteiger partial charge in [0.2, 0.25) is 6.29 Å². The van der Waals surface area contributed by atoms with Gasteiger partial charge in [-0.05, 0) is 29.3 Å². The molecule has 2 fully saturated rings. The highest BCUT2D eigenvalue weighted by Gasteiger charge is 2.59. The summed E-state index contributed by atoms with van der Waals surface area (Å²) < 4.78 is 25.2. The molecule has 154 valence electrons. The van der Waals surface area contributed by atoms with Crippen LogP contribution >= 0.6 is 0 Å². The van der Waals surface area contributed by atoms with Crippen molar-refractivity contribution in [3.05, 3.63) is 73.0 Å². The molecule has 2 heterocycles. The van der Waals surface area contributed by atoms with Gasteiger partial charge in [-0.2, -0.15) is 0 Å². The lowest BCUT2D eigenvalue weighted by Gasteiger charge is -2.45. The summed E-state index contributed by atoms with van der Waals surface area (Å²) in [5, 5.41) is 2.30. The SMILES string of the molecule is C=C1O[C@@H]2OC(C)(C)O[C@H]2C1O[Si](c1ccccc1)(c1ccccc1)C(C)(C)C. The summed E-state index contributed by atoms with van der Waals surface area (Å²) in [6.45, 7) is 14.7. The molecule has 5 heteroatoms. The Kier molecular flexibility index (Phi) is 4.98. The van der Waals surface area contributed by atoms with Crippen LogP contribution < -0.4 is 10.4 Å². The fourth-order valence-corrected chi connectivity index (χ4v) is 9.13. The molecule has 2 aromatic rings. The Labute approximate surface area is 174 Å². The zero-order chi connectivity index (χ0) is 20.9. The average molecular weight is 411 g/mol. The molecule has 0 spiro atoms. The summed E-state index contributed by atoms with van der Waals surface area (Å²) in [5.41, 5.74) is 0. The summed E-state index contributed by atoms with van der Waals surface area (Å²) in [6.07, 6.45) is -1.21. The molecule has 3 atom stereocenters. The number of fused-ring (bicyclic) bond motifs is 1. The van der Waals surface area contributed by atoms with Gasteiger partial charge < -0.3 is 18.6 Å². The third-order valence-corrected chi connectivity index (χ3v) is 10.7. The minimum Gasteiger partial charge on any atom is -0.464 e. The maximum atomic E-state index is 7.16. The average Bonchev–Trinajstić information content (AvgIpc) is 3.10. The van der Waals surface area contributed by atoms with Crippen molar-refractivity contribution in [3.63, 3.8) is 0 Å². The molecule has 29 heavy (non-hydrogen) atoms. The maximum absolute atomic E-state index is 7.16. The molecule has 4 rings (SSSR count). The lowest BCUT2D eigenvalue weighted by atomic mass is 10.2. The monoisotopic (exact) mass is 410 g/mol. The predicted octanol–water partition coefficient (Wildman–Crippen LogP) is 3.95. The van der Waals surface area contributed by atoms with Crippen LogP contribution in [0.3, 0.4) is 0 Å². The van der Waals surface area contributed by atoms with Gasteiger partial charge in [0, 0.05) is 0 Å². The van der Waals surface area contributed by atoms with E-state index >= 15 is 0 Å². The normalized spacial score (nSPS) is 26.2. The van der Waals surface area contributed by atoms with Crippen LogP contribution in [-0.4, -0.2) is 32.6 Å².